The number of aryl methyl sites for hydroxylation is 1. The molecule has 5 nitrogen and oxygen atoms in total. The van der Waals surface area contributed by atoms with Crippen molar-refractivity contribution >= 4 is 5.91 Å². The molecule has 2 aromatic rings. The highest BCUT2D eigenvalue weighted by Gasteiger charge is 2.34. The van der Waals surface area contributed by atoms with Crippen molar-refractivity contribution in [2.45, 2.75) is 19.5 Å². The third-order valence-electron chi connectivity index (χ3n) is 4.82. The van der Waals surface area contributed by atoms with Crippen molar-refractivity contribution in [3.8, 4) is 0 Å². The SMILES string of the molecule is Cc1cncc(C(=O)N[C@@H]2CN(Cc3ccccc3)C[C@H]2CN(C)C)c1. The van der Waals surface area contributed by atoms with Crippen LogP contribution in [0.3, 0.4) is 0 Å². The molecule has 2 atom stereocenters. The smallest absolute Gasteiger partial charge is 0.253 e. The van der Waals surface area contributed by atoms with Crippen LogP contribution in [0.5, 0.6) is 0 Å². The molecule has 0 aliphatic carbocycles. The quantitative estimate of drug-likeness (QED) is 0.866. The first-order valence-electron chi connectivity index (χ1n) is 9.15. The van der Waals surface area contributed by atoms with Crippen LogP contribution in [0.4, 0.5) is 0 Å². The Balaban J connectivity index is 1.67. The summed E-state index contributed by atoms with van der Waals surface area (Å²) in [5.74, 6) is 0.381. The van der Waals surface area contributed by atoms with E-state index < -0.39 is 0 Å². The monoisotopic (exact) mass is 352 g/mol. The number of likely N-dealkylation sites (tertiary alicyclic amines) is 1. The number of amides is 1. The van der Waals surface area contributed by atoms with Gasteiger partial charge in [-0.25, -0.2) is 0 Å². The number of hydrogen-bond acceptors (Lipinski definition) is 4. The maximum Gasteiger partial charge on any atom is 0.253 e. The molecule has 1 amide bonds. The van der Waals surface area contributed by atoms with Gasteiger partial charge in [-0.1, -0.05) is 30.3 Å². The predicted molar refractivity (Wildman–Crippen MR) is 104 cm³/mol. The number of aromatic nitrogens is 1. The molecule has 1 N–H and O–H groups in total. The molecule has 138 valence electrons. The zero-order valence-corrected chi connectivity index (χ0v) is 15.9. The van der Waals surface area contributed by atoms with Crippen molar-refractivity contribution in [1.29, 1.82) is 0 Å². The van der Waals surface area contributed by atoms with Gasteiger partial charge in [0, 0.05) is 50.5 Å². The third kappa shape index (κ3) is 4.90. The Bertz CT molecular complexity index is 732. The molecule has 1 aliphatic heterocycles. The molecule has 0 unspecified atom stereocenters. The van der Waals surface area contributed by atoms with E-state index in [4.69, 9.17) is 0 Å². The van der Waals surface area contributed by atoms with E-state index in [1.54, 1.807) is 12.4 Å². The number of rotatable bonds is 6. The molecule has 26 heavy (non-hydrogen) atoms. The second-order valence-electron chi connectivity index (χ2n) is 7.53. The molecule has 5 heteroatoms. The molecular weight excluding hydrogens is 324 g/mol. The molecule has 1 saturated heterocycles. The Morgan fingerprint density at radius 1 is 1.23 bits per heavy atom. The van der Waals surface area contributed by atoms with E-state index in [1.165, 1.54) is 5.56 Å². The molecule has 1 fully saturated rings. The fourth-order valence-electron chi connectivity index (χ4n) is 3.68. The minimum atomic E-state index is -0.0310. The Labute approximate surface area is 156 Å². The lowest BCUT2D eigenvalue weighted by molar-refractivity contribution is 0.0926. The summed E-state index contributed by atoms with van der Waals surface area (Å²) in [5, 5.41) is 3.25. The maximum atomic E-state index is 12.7. The van der Waals surface area contributed by atoms with Crippen molar-refractivity contribution in [1.82, 2.24) is 20.1 Å². The minimum Gasteiger partial charge on any atom is -0.348 e. The lowest BCUT2D eigenvalue weighted by Gasteiger charge is -2.23. The Kier molecular flexibility index (Phi) is 6.01. The van der Waals surface area contributed by atoms with Gasteiger partial charge in [0.15, 0.2) is 0 Å². The largest absolute Gasteiger partial charge is 0.348 e. The normalized spacial score (nSPS) is 20.5. The zero-order valence-electron chi connectivity index (χ0n) is 15.9. The summed E-state index contributed by atoms with van der Waals surface area (Å²) in [5.41, 5.74) is 2.95. The lowest BCUT2D eigenvalue weighted by atomic mass is 10.0. The summed E-state index contributed by atoms with van der Waals surface area (Å²) in [4.78, 5) is 21.4. The minimum absolute atomic E-state index is 0.0310. The summed E-state index contributed by atoms with van der Waals surface area (Å²) in [6.07, 6.45) is 3.41. The molecule has 0 bridgehead atoms. The third-order valence-corrected chi connectivity index (χ3v) is 4.82. The van der Waals surface area contributed by atoms with Gasteiger partial charge in [-0.3, -0.25) is 14.7 Å². The highest BCUT2D eigenvalue weighted by atomic mass is 16.1. The molecule has 0 saturated carbocycles. The van der Waals surface area contributed by atoms with Crippen LogP contribution in [0, 0.1) is 12.8 Å². The van der Waals surface area contributed by atoms with E-state index >= 15 is 0 Å². The van der Waals surface area contributed by atoms with Crippen molar-refractivity contribution in [2.24, 2.45) is 5.92 Å². The number of nitrogens with zero attached hydrogens (tertiary/aromatic N) is 3. The molecular formula is C21H28N4O. The Morgan fingerprint density at radius 3 is 2.69 bits per heavy atom. The van der Waals surface area contributed by atoms with Crippen molar-refractivity contribution < 1.29 is 4.79 Å². The van der Waals surface area contributed by atoms with Gasteiger partial charge < -0.3 is 10.2 Å². The summed E-state index contributed by atoms with van der Waals surface area (Å²) in [6, 6.07) is 12.5. The van der Waals surface area contributed by atoms with E-state index in [2.05, 4.69) is 58.5 Å². The topological polar surface area (TPSA) is 48.5 Å². The van der Waals surface area contributed by atoms with Gasteiger partial charge >= 0.3 is 0 Å². The highest BCUT2D eigenvalue weighted by Crippen LogP contribution is 2.21. The van der Waals surface area contributed by atoms with Gasteiger partial charge in [-0.2, -0.15) is 0 Å². The van der Waals surface area contributed by atoms with E-state index in [1.807, 2.05) is 19.1 Å². The van der Waals surface area contributed by atoms with Gasteiger partial charge in [0.1, 0.15) is 0 Å². The Morgan fingerprint density at radius 2 is 2.00 bits per heavy atom. The van der Waals surface area contributed by atoms with Crippen LogP contribution in [0.25, 0.3) is 0 Å². The number of benzene rings is 1. The second kappa shape index (κ2) is 8.43. The van der Waals surface area contributed by atoms with Crippen molar-refractivity contribution in [3.63, 3.8) is 0 Å². The first kappa shape index (κ1) is 18.5. The molecule has 1 aromatic carbocycles. The predicted octanol–water partition coefficient (Wildman–Crippen LogP) is 2.18. The van der Waals surface area contributed by atoms with Crippen LogP contribution in [-0.4, -0.2) is 60.5 Å². The van der Waals surface area contributed by atoms with E-state index in [0.717, 1.165) is 31.7 Å². The fourth-order valence-corrected chi connectivity index (χ4v) is 3.68. The molecule has 3 rings (SSSR count). The number of hydrogen-bond donors (Lipinski definition) is 1. The summed E-state index contributed by atoms with van der Waals surface area (Å²) < 4.78 is 0. The summed E-state index contributed by atoms with van der Waals surface area (Å²) >= 11 is 0. The molecule has 0 radical (unpaired) electrons. The highest BCUT2D eigenvalue weighted by molar-refractivity contribution is 5.94. The van der Waals surface area contributed by atoms with Gasteiger partial charge in [0.05, 0.1) is 5.56 Å². The van der Waals surface area contributed by atoms with Crippen LogP contribution in [0.2, 0.25) is 0 Å². The van der Waals surface area contributed by atoms with Crippen LogP contribution in [-0.2, 0) is 6.54 Å². The van der Waals surface area contributed by atoms with Gasteiger partial charge in [0.2, 0.25) is 0 Å². The lowest BCUT2D eigenvalue weighted by Crippen LogP contribution is -2.43. The first-order valence-corrected chi connectivity index (χ1v) is 9.15. The number of pyridine rings is 1. The second-order valence-corrected chi connectivity index (χ2v) is 7.53. The average Bonchev–Trinajstić information content (AvgIpc) is 2.96. The van der Waals surface area contributed by atoms with Gasteiger partial charge in [-0.05, 0) is 38.2 Å². The molecule has 1 aromatic heterocycles. The van der Waals surface area contributed by atoms with Crippen LogP contribution < -0.4 is 5.32 Å². The van der Waals surface area contributed by atoms with Crippen LogP contribution >= 0.6 is 0 Å². The van der Waals surface area contributed by atoms with Crippen LogP contribution in [0.1, 0.15) is 21.5 Å². The molecule has 0 spiro atoms. The maximum absolute atomic E-state index is 12.7. The van der Waals surface area contributed by atoms with E-state index in [0.29, 0.717) is 11.5 Å². The van der Waals surface area contributed by atoms with Crippen molar-refractivity contribution in [3.05, 3.63) is 65.5 Å². The van der Waals surface area contributed by atoms with Crippen LogP contribution in [0.15, 0.2) is 48.8 Å². The average molecular weight is 352 g/mol. The Hall–Kier alpha value is -2.24. The first-order chi connectivity index (χ1) is 12.5. The van der Waals surface area contributed by atoms with Crippen molar-refractivity contribution in [2.75, 3.05) is 33.7 Å². The number of nitrogens with one attached hydrogen (secondary N) is 1. The zero-order chi connectivity index (χ0) is 18.5. The molecule has 1 aliphatic rings. The number of carbonyl (C=O) groups is 1. The number of carbonyl (C=O) groups excluding carboxylic acids is 1. The summed E-state index contributed by atoms with van der Waals surface area (Å²) in [6.45, 7) is 5.70. The summed E-state index contributed by atoms with van der Waals surface area (Å²) in [7, 11) is 4.17. The van der Waals surface area contributed by atoms with E-state index in [9.17, 15) is 4.79 Å². The van der Waals surface area contributed by atoms with Gasteiger partial charge in [0.25, 0.3) is 5.91 Å². The fraction of sp³-hybridized carbons (Fsp3) is 0.429. The van der Waals surface area contributed by atoms with Gasteiger partial charge in [-0.15, -0.1) is 0 Å². The standard InChI is InChI=1S/C21H28N4O/c1-16-9-18(11-22-10-16)21(26)23-20-15-25(14-19(20)13-24(2)3)12-17-7-5-4-6-8-17/h4-11,19-20H,12-15H2,1-3H3,(H,23,26)/t19-,20-/m1/s1. The van der Waals surface area contributed by atoms with E-state index in [-0.39, 0.29) is 11.9 Å². The molecule has 2 heterocycles.